The van der Waals surface area contributed by atoms with Crippen molar-refractivity contribution in [3.8, 4) is 23.3 Å². The van der Waals surface area contributed by atoms with Gasteiger partial charge < -0.3 is 4.74 Å². The van der Waals surface area contributed by atoms with Gasteiger partial charge in [-0.15, -0.1) is 13.2 Å². The van der Waals surface area contributed by atoms with E-state index in [9.17, 15) is 13.2 Å². The van der Waals surface area contributed by atoms with Gasteiger partial charge in [-0.1, -0.05) is 42.2 Å². The Morgan fingerprint density at radius 1 is 1.04 bits per heavy atom. The van der Waals surface area contributed by atoms with Crippen molar-refractivity contribution in [2.24, 2.45) is 0 Å². The number of allylic oxidation sites excluding steroid dienone is 6. The standard InChI is InChI=1S/C22H19F3N2O/c1-16-21(15-10-18-8-6-4-3-5-7-9-18)17(2)27(26-16)19-11-13-20(14-12-19)28-22(23,24)25/h3-6,8,11-14H,7,9H2,1-2H3/b5-3+,6-4-,18-8+. The van der Waals surface area contributed by atoms with Gasteiger partial charge >= 0.3 is 6.36 Å². The second-order valence-electron chi connectivity index (χ2n) is 6.29. The first kappa shape index (κ1) is 19.6. The van der Waals surface area contributed by atoms with Crippen molar-refractivity contribution in [1.82, 2.24) is 9.78 Å². The smallest absolute Gasteiger partial charge is 0.406 e. The lowest BCUT2D eigenvalue weighted by Gasteiger charge is -2.10. The first-order valence-electron chi connectivity index (χ1n) is 8.80. The summed E-state index contributed by atoms with van der Waals surface area (Å²) in [5, 5.41) is 4.49. The maximum atomic E-state index is 12.3. The van der Waals surface area contributed by atoms with Gasteiger partial charge in [-0.25, -0.2) is 4.68 Å². The minimum absolute atomic E-state index is 0.267. The molecule has 1 aromatic heterocycles. The molecule has 0 N–H and O–H groups in total. The maximum absolute atomic E-state index is 12.3. The van der Waals surface area contributed by atoms with Crippen molar-refractivity contribution in [2.75, 3.05) is 0 Å². The second-order valence-corrected chi connectivity index (χ2v) is 6.29. The van der Waals surface area contributed by atoms with Crippen molar-refractivity contribution in [3.05, 3.63) is 77.2 Å². The fourth-order valence-electron chi connectivity index (χ4n) is 2.84. The van der Waals surface area contributed by atoms with Crippen LogP contribution in [0.15, 0.2) is 60.2 Å². The van der Waals surface area contributed by atoms with E-state index in [0.29, 0.717) is 5.69 Å². The van der Waals surface area contributed by atoms with Crippen LogP contribution in [0.25, 0.3) is 5.69 Å². The molecule has 3 rings (SSSR count). The topological polar surface area (TPSA) is 27.1 Å². The predicted octanol–water partition coefficient (Wildman–Crippen LogP) is 5.57. The number of ether oxygens (including phenoxy) is 1. The molecular formula is C22H19F3N2O. The van der Waals surface area contributed by atoms with Crippen LogP contribution >= 0.6 is 0 Å². The lowest BCUT2D eigenvalue weighted by molar-refractivity contribution is -0.274. The molecule has 144 valence electrons. The third-order valence-corrected chi connectivity index (χ3v) is 4.19. The maximum Gasteiger partial charge on any atom is 0.573 e. The largest absolute Gasteiger partial charge is 0.573 e. The Hall–Kier alpha value is -3.20. The van der Waals surface area contributed by atoms with Crippen LogP contribution in [-0.4, -0.2) is 16.1 Å². The Labute approximate surface area is 161 Å². The van der Waals surface area contributed by atoms with E-state index in [4.69, 9.17) is 0 Å². The predicted molar refractivity (Wildman–Crippen MR) is 102 cm³/mol. The summed E-state index contributed by atoms with van der Waals surface area (Å²) in [6.45, 7) is 3.75. The molecule has 3 nitrogen and oxygen atoms in total. The summed E-state index contributed by atoms with van der Waals surface area (Å²) in [6, 6.07) is 5.60. The summed E-state index contributed by atoms with van der Waals surface area (Å²) in [7, 11) is 0. The molecule has 28 heavy (non-hydrogen) atoms. The number of hydrogen-bond donors (Lipinski definition) is 0. The monoisotopic (exact) mass is 384 g/mol. The van der Waals surface area contributed by atoms with Crippen molar-refractivity contribution >= 4 is 0 Å². The molecule has 6 heteroatoms. The van der Waals surface area contributed by atoms with Crippen LogP contribution in [0.5, 0.6) is 5.75 Å². The number of hydrogen-bond acceptors (Lipinski definition) is 2. The minimum atomic E-state index is -4.71. The van der Waals surface area contributed by atoms with E-state index < -0.39 is 6.36 Å². The van der Waals surface area contributed by atoms with Crippen LogP contribution in [0.2, 0.25) is 0 Å². The molecule has 0 fully saturated rings. The zero-order chi connectivity index (χ0) is 20.1. The normalized spacial score (nSPS) is 18.1. The average Bonchev–Trinajstić information content (AvgIpc) is 2.88. The number of rotatable bonds is 2. The third kappa shape index (κ3) is 4.95. The van der Waals surface area contributed by atoms with E-state index in [2.05, 4.69) is 27.8 Å². The van der Waals surface area contributed by atoms with Crippen LogP contribution in [0.1, 0.15) is 29.8 Å². The molecule has 0 spiro atoms. The van der Waals surface area contributed by atoms with E-state index >= 15 is 0 Å². The van der Waals surface area contributed by atoms with Crippen molar-refractivity contribution in [3.63, 3.8) is 0 Å². The first-order valence-corrected chi connectivity index (χ1v) is 8.80. The average molecular weight is 384 g/mol. The Morgan fingerprint density at radius 2 is 1.79 bits per heavy atom. The van der Waals surface area contributed by atoms with Gasteiger partial charge in [0.2, 0.25) is 0 Å². The van der Waals surface area contributed by atoms with Crippen LogP contribution < -0.4 is 4.74 Å². The van der Waals surface area contributed by atoms with Gasteiger partial charge in [0.1, 0.15) is 5.75 Å². The molecule has 0 saturated heterocycles. The number of alkyl halides is 3. The van der Waals surface area contributed by atoms with E-state index in [-0.39, 0.29) is 5.75 Å². The minimum Gasteiger partial charge on any atom is -0.406 e. The number of benzene rings is 1. The molecular weight excluding hydrogens is 365 g/mol. The number of aromatic nitrogens is 2. The first-order chi connectivity index (χ1) is 13.3. The summed E-state index contributed by atoms with van der Waals surface area (Å²) < 4.78 is 42.5. The van der Waals surface area contributed by atoms with Gasteiger partial charge in [-0.3, -0.25) is 0 Å². The number of nitrogens with zero attached hydrogens (tertiary/aromatic N) is 2. The van der Waals surface area contributed by atoms with Gasteiger partial charge in [0.25, 0.3) is 0 Å². The van der Waals surface area contributed by atoms with Crippen molar-refractivity contribution in [2.45, 2.75) is 33.1 Å². The lowest BCUT2D eigenvalue weighted by Crippen LogP contribution is -2.17. The summed E-state index contributed by atoms with van der Waals surface area (Å²) in [5.74, 6) is 6.15. The Kier molecular flexibility index (Phi) is 5.74. The third-order valence-electron chi connectivity index (χ3n) is 4.19. The summed E-state index contributed by atoms with van der Waals surface area (Å²) >= 11 is 0. The van der Waals surface area contributed by atoms with Crippen LogP contribution in [0.4, 0.5) is 13.2 Å². The molecule has 0 aliphatic heterocycles. The van der Waals surface area contributed by atoms with E-state index in [1.165, 1.54) is 24.3 Å². The number of aryl methyl sites for hydroxylation is 1. The molecule has 0 bridgehead atoms. The molecule has 0 unspecified atom stereocenters. The van der Waals surface area contributed by atoms with Gasteiger partial charge in [0, 0.05) is 5.57 Å². The summed E-state index contributed by atoms with van der Waals surface area (Å²) in [6.07, 6.45) is 7.17. The highest BCUT2D eigenvalue weighted by Crippen LogP contribution is 2.25. The molecule has 1 heterocycles. The second kappa shape index (κ2) is 8.22. The SMILES string of the molecule is Cc1nn(-c2ccc(OC(F)(F)F)cc2)c(C)c1C#C/C1=C/C=C\C=C\CC1. The van der Waals surface area contributed by atoms with E-state index in [0.717, 1.165) is 35.4 Å². The molecule has 0 atom stereocenters. The highest BCUT2D eigenvalue weighted by atomic mass is 19.4. The zero-order valence-electron chi connectivity index (χ0n) is 15.5. The van der Waals surface area contributed by atoms with Gasteiger partial charge in [0.15, 0.2) is 0 Å². The molecule has 0 amide bonds. The molecule has 1 aliphatic rings. The zero-order valence-corrected chi connectivity index (χ0v) is 15.5. The highest BCUT2D eigenvalue weighted by Gasteiger charge is 2.31. The Balaban J connectivity index is 1.86. The van der Waals surface area contributed by atoms with Crippen molar-refractivity contribution < 1.29 is 17.9 Å². The summed E-state index contributed by atoms with van der Waals surface area (Å²) in [5.41, 5.74) is 4.10. The fraction of sp³-hybridized carbons (Fsp3) is 0.227. The molecule has 2 aromatic rings. The van der Waals surface area contributed by atoms with Gasteiger partial charge in [0.05, 0.1) is 22.6 Å². The van der Waals surface area contributed by atoms with Gasteiger partial charge in [-0.05, 0) is 51.0 Å². The highest BCUT2D eigenvalue weighted by molar-refractivity contribution is 5.49. The molecule has 1 aromatic carbocycles. The lowest BCUT2D eigenvalue weighted by atomic mass is 10.1. The fourth-order valence-corrected chi connectivity index (χ4v) is 2.84. The van der Waals surface area contributed by atoms with E-state index in [1.807, 2.05) is 38.2 Å². The Morgan fingerprint density at radius 3 is 2.50 bits per heavy atom. The molecule has 1 aliphatic carbocycles. The summed E-state index contributed by atoms with van der Waals surface area (Å²) in [4.78, 5) is 0. The van der Waals surface area contributed by atoms with Crippen LogP contribution in [0, 0.1) is 25.7 Å². The molecule has 0 radical (unpaired) electrons. The van der Waals surface area contributed by atoms with Gasteiger partial charge in [-0.2, -0.15) is 5.10 Å². The Bertz CT molecular complexity index is 997. The van der Waals surface area contributed by atoms with Crippen LogP contribution in [0.3, 0.4) is 0 Å². The number of halogens is 3. The van der Waals surface area contributed by atoms with Crippen LogP contribution in [-0.2, 0) is 0 Å². The van der Waals surface area contributed by atoms with E-state index in [1.54, 1.807) is 4.68 Å². The van der Waals surface area contributed by atoms with Crippen molar-refractivity contribution in [1.29, 1.82) is 0 Å². The quantitative estimate of drug-likeness (QED) is 0.633. The molecule has 0 saturated carbocycles.